The lowest BCUT2D eigenvalue weighted by Gasteiger charge is -2.32. The van der Waals surface area contributed by atoms with Crippen LogP contribution in [0.2, 0.25) is 0 Å². The Kier molecular flexibility index (Phi) is 3.43. The number of hydrogen-bond donors (Lipinski definition) is 0. The van der Waals surface area contributed by atoms with Gasteiger partial charge in [-0.3, -0.25) is 4.98 Å². The average Bonchev–Trinajstić information content (AvgIpc) is 3.23. The van der Waals surface area contributed by atoms with Gasteiger partial charge in [-0.25, -0.2) is 0 Å². The van der Waals surface area contributed by atoms with Gasteiger partial charge >= 0.3 is 0 Å². The summed E-state index contributed by atoms with van der Waals surface area (Å²) in [6.45, 7) is 3.74. The Balaban J connectivity index is 1.57. The summed E-state index contributed by atoms with van der Waals surface area (Å²) in [5.41, 5.74) is 2.09. The summed E-state index contributed by atoms with van der Waals surface area (Å²) in [6.07, 6.45) is 4.35. The van der Waals surface area contributed by atoms with Crippen molar-refractivity contribution in [2.75, 3.05) is 20.1 Å². The number of hydrogen-bond acceptors (Lipinski definition) is 6. The molecule has 2 aromatic rings. The minimum absolute atomic E-state index is 0.162. The third-order valence-electron chi connectivity index (χ3n) is 4.22. The summed E-state index contributed by atoms with van der Waals surface area (Å²) in [4.78, 5) is 11.1. The van der Waals surface area contributed by atoms with Crippen LogP contribution in [0, 0.1) is 0 Å². The van der Waals surface area contributed by atoms with Crippen molar-refractivity contribution >= 4 is 0 Å². The van der Waals surface area contributed by atoms with Crippen LogP contribution in [-0.4, -0.2) is 46.3 Å². The van der Waals surface area contributed by atoms with E-state index in [0.29, 0.717) is 17.6 Å². The SMILES string of the molecule is C[C@@H]1CN(C)C[C@H](c2nc(-c3cc(C4CC4)ccn3)no2)O1. The molecule has 1 aliphatic heterocycles. The summed E-state index contributed by atoms with van der Waals surface area (Å²) in [5, 5.41) is 4.09. The monoisotopic (exact) mass is 300 g/mol. The van der Waals surface area contributed by atoms with E-state index in [4.69, 9.17) is 9.26 Å². The number of likely N-dealkylation sites (N-methyl/N-ethyl adjacent to an activating group) is 1. The van der Waals surface area contributed by atoms with Gasteiger partial charge in [0.05, 0.1) is 6.10 Å². The van der Waals surface area contributed by atoms with E-state index in [9.17, 15) is 0 Å². The fourth-order valence-corrected chi connectivity index (χ4v) is 3.01. The van der Waals surface area contributed by atoms with Crippen LogP contribution >= 0.6 is 0 Å². The highest BCUT2D eigenvalue weighted by atomic mass is 16.5. The molecule has 0 amide bonds. The van der Waals surface area contributed by atoms with Gasteiger partial charge in [0, 0.05) is 19.3 Å². The predicted molar refractivity (Wildman–Crippen MR) is 80.3 cm³/mol. The highest BCUT2D eigenvalue weighted by molar-refractivity contribution is 5.50. The fourth-order valence-electron chi connectivity index (χ4n) is 3.01. The van der Waals surface area contributed by atoms with E-state index in [-0.39, 0.29) is 12.2 Å². The molecule has 4 rings (SSSR count). The molecule has 22 heavy (non-hydrogen) atoms. The van der Waals surface area contributed by atoms with Gasteiger partial charge in [0.1, 0.15) is 11.8 Å². The molecule has 3 heterocycles. The summed E-state index contributed by atoms with van der Waals surface area (Å²) in [5.74, 6) is 1.76. The number of morpholine rings is 1. The Morgan fingerprint density at radius 1 is 1.27 bits per heavy atom. The highest BCUT2D eigenvalue weighted by Gasteiger charge is 2.29. The second-order valence-corrected chi connectivity index (χ2v) is 6.36. The molecule has 2 aromatic heterocycles. The van der Waals surface area contributed by atoms with Gasteiger partial charge in [0.2, 0.25) is 5.82 Å². The Labute approximate surface area is 129 Å². The molecule has 0 spiro atoms. The first kappa shape index (κ1) is 13.8. The van der Waals surface area contributed by atoms with E-state index in [0.717, 1.165) is 18.8 Å². The topological polar surface area (TPSA) is 64.3 Å². The number of nitrogens with zero attached hydrogens (tertiary/aromatic N) is 4. The van der Waals surface area contributed by atoms with Crippen LogP contribution in [0.4, 0.5) is 0 Å². The van der Waals surface area contributed by atoms with Crippen LogP contribution in [0.3, 0.4) is 0 Å². The molecule has 6 nitrogen and oxygen atoms in total. The molecule has 0 radical (unpaired) electrons. The van der Waals surface area contributed by atoms with Crippen LogP contribution in [-0.2, 0) is 4.74 Å². The molecule has 2 fully saturated rings. The molecule has 1 saturated carbocycles. The fraction of sp³-hybridized carbons (Fsp3) is 0.562. The molecule has 0 aromatic carbocycles. The Bertz CT molecular complexity index is 658. The Hall–Kier alpha value is -1.79. The van der Waals surface area contributed by atoms with E-state index in [2.05, 4.69) is 46.1 Å². The standard InChI is InChI=1S/C16H20N4O2/c1-10-8-20(2)9-14(21-10)16-18-15(19-22-16)13-7-12(5-6-17-13)11-3-4-11/h5-7,10-11,14H,3-4,8-9H2,1-2H3/t10-,14-/m1/s1. The minimum Gasteiger partial charge on any atom is -0.363 e. The van der Waals surface area contributed by atoms with Crippen molar-refractivity contribution in [3.63, 3.8) is 0 Å². The van der Waals surface area contributed by atoms with Gasteiger partial charge in [0.25, 0.3) is 5.89 Å². The second kappa shape index (κ2) is 5.44. The summed E-state index contributed by atoms with van der Waals surface area (Å²) in [7, 11) is 2.07. The first-order valence-corrected chi connectivity index (χ1v) is 7.83. The van der Waals surface area contributed by atoms with E-state index in [1.807, 2.05) is 6.20 Å². The smallest absolute Gasteiger partial charge is 0.257 e. The van der Waals surface area contributed by atoms with Crippen molar-refractivity contribution in [2.24, 2.45) is 0 Å². The van der Waals surface area contributed by atoms with Crippen LogP contribution in [0.5, 0.6) is 0 Å². The molecule has 2 atom stereocenters. The first-order valence-electron chi connectivity index (χ1n) is 7.83. The summed E-state index contributed by atoms with van der Waals surface area (Å²) >= 11 is 0. The third kappa shape index (κ3) is 2.76. The lowest BCUT2D eigenvalue weighted by Crippen LogP contribution is -2.40. The van der Waals surface area contributed by atoms with Crippen molar-refractivity contribution in [2.45, 2.75) is 37.9 Å². The number of pyridine rings is 1. The largest absolute Gasteiger partial charge is 0.363 e. The summed E-state index contributed by atoms with van der Waals surface area (Å²) in [6, 6.07) is 4.14. The zero-order valence-corrected chi connectivity index (χ0v) is 12.9. The van der Waals surface area contributed by atoms with E-state index in [1.54, 1.807) is 0 Å². The van der Waals surface area contributed by atoms with Gasteiger partial charge in [-0.2, -0.15) is 4.98 Å². The van der Waals surface area contributed by atoms with Crippen LogP contribution < -0.4 is 0 Å². The molecule has 1 saturated heterocycles. The van der Waals surface area contributed by atoms with Crippen molar-refractivity contribution < 1.29 is 9.26 Å². The van der Waals surface area contributed by atoms with Crippen molar-refractivity contribution in [3.05, 3.63) is 29.8 Å². The molecule has 116 valence electrons. The second-order valence-electron chi connectivity index (χ2n) is 6.36. The Morgan fingerprint density at radius 3 is 2.91 bits per heavy atom. The van der Waals surface area contributed by atoms with Crippen LogP contribution in [0.25, 0.3) is 11.5 Å². The van der Waals surface area contributed by atoms with E-state index >= 15 is 0 Å². The molecule has 1 aliphatic carbocycles. The lowest BCUT2D eigenvalue weighted by atomic mass is 10.1. The molecule has 0 N–H and O–H groups in total. The maximum absolute atomic E-state index is 5.91. The number of rotatable bonds is 3. The van der Waals surface area contributed by atoms with Gasteiger partial charge < -0.3 is 14.2 Å². The van der Waals surface area contributed by atoms with Gasteiger partial charge in [-0.1, -0.05) is 5.16 Å². The quantitative estimate of drug-likeness (QED) is 0.867. The normalized spacial score (nSPS) is 26.3. The van der Waals surface area contributed by atoms with Gasteiger partial charge in [-0.05, 0) is 50.4 Å². The summed E-state index contributed by atoms with van der Waals surface area (Å²) < 4.78 is 11.3. The van der Waals surface area contributed by atoms with E-state index in [1.165, 1.54) is 18.4 Å². The zero-order chi connectivity index (χ0) is 15.1. The van der Waals surface area contributed by atoms with Gasteiger partial charge in [-0.15, -0.1) is 0 Å². The van der Waals surface area contributed by atoms with Crippen LogP contribution in [0.15, 0.2) is 22.9 Å². The highest BCUT2D eigenvalue weighted by Crippen LogP contribution is 2.40. The van der Waals surface area contributed by atoms with E-state index < -0.39 is 0 Å². The Morgan fingerprint density at radius 2 is 2.14 bits per heavy atom. The lowest BCUT2D eigenvalue weighted by molar-refractivity contribution is -0.0838. The van der Waals surface area contributed by atoms with Crippen LogP contribution in [0.1, 0.15) is 43.2 Å². The van der Waals surface area contributed by atoms with Gasteiger partial charge in [0.15, 0.2) is 0 Å². The third-order valence-corrected chi connectivity index (χ3v) is 4.22. The molecular formula is C16H20N4O2. The number of aromatic nitrogens is 3. The maximum Gasteiger partial charge on any atom is 0.257 e. The first-order chi connectivity index (χ1) is 10.7. The predicted octanol–water partition coefficient (Wildman–Crippen LogP) is 2.40. The number of ether oxygens (including phenoxy) is 1. The average molecular weight is 300 g/mol. The molecule has 6 heteroatoms. The molecule has 0 bridgehead atoms. The zero-order valence-electron chi connectivity index (χ0n) is 12.9. The minimum atomic E-state index is -0.165. The molecule has 0 unspecified atom stereocenters. The molecular weight excluding hydrogens is 280 g/mol. The maximum atomic E-state index is 5.91. The van der Waals surface area contributed by atoms with Crippen molar-refractivity contribution in [3.8, 4) is 11.5 Å². The van der Waals surface area contributed by atoms with Crippen molar-refractivity contribution in [1.29, 1.82) is 0 Å². The molecule has 2 aliphatic rings. The van der Waals surface area contributed by atoms with Crippen molar-refractivity contribution in [1.82, 2.24) is 20.0 Å².